The van der Waals surface area contributed by atoms with Gasteiger partial charge in [-0.05, 0) is 29.8 Å². The molecule has 3 N–H and O–H groups in total. The summed E-state index contributed by atoms with van der Waals surface area (Å²) in [6, 6.07) is 12.6. The summed E-state index contributed by atoms with van der Waals surface area (Å²) in [4.78, 5) is 35.0. The molecule has 7 heteroatoms. The highest BCUT2D eigenvalue weighted by atomic mass is 19.1. The van der Waals surface area contributed by atoms with E-state index in [4.69, 9.17) is 0 Å². The van der Waals surface area contributed by atoms with E-state index in [1.165, 1.54) is 18.2 Å². The second-order valence-electron chi connectivity index (χ2n) is 5.34. The number of amides is 2. The minimum Gasteiger partial charge on any atom is -0.480 e. The minimum atomic E-state index is -1.24. The van der Waals surface area contributed by atoms with Crippen molar-refractivity contribution in [1.82, 2.24) is 10.6 Å². The number of halogens is 1. The monoisotopic (exact) mass is 344 g/mol. The van der Waals surface area contributed by atoms with Crippen molar-refractivity contribution in [3.8, 4) is 0 Å². The molecule has 2 rings (SSSR count). The molecule has 2 aromatic rings. The summed E-state index contributed by atoms with van der Waals surface area (Å²) in [5.74, 6) is -2.81. The number of nitrogens with one attached hydrogen (secondary N) is 2. The number of carbonyl (C=O) groups is 3. The van der Waals surface area contributed by atoms with Crippen LogP contribution in [-0.4, -0.2) is 35.5 Å². The number of rotatable bonds is 7. The number of aliphatic carboxylic acids is 1. The minimum absolute atomic E-state index is 0.0640. The van der Waals surface area contributed by atoms with Gasteiger partial charge in [0.05, 0.1) is 6.54 Å². The second-order valence-corrected chi connectivity index (χ2v) is 5.34. The van der Waals surface area contributed by atoms with Crippen LogP contribution < -0.4 is 10.6 Å². The third-order valence-corrected chi connectivity index (χ3v) is 3.41. The number of benzene rings is 2. The zero-order valence-electron chi connectivity index (χ0n) is 13.2. The van der Waals surface area contributed by atoms with Crippen molar-refractivity contribution in [1.29, 1.82) is 0 Å². The van der Waals surface area contributed by atoms with Crippen LogP contribution >= 0.6 is 0 Å². The summed E-state index contributed by atoms with van der Waals surface area (Å²) >= 11 is 0. The fraction of sp³-hybridized carbons (Fsp3) is 0.167. The fourth-order valence-electron chi connectivity index (χ4n) is 2.20. The molecule has 0 spiro atoms. The summed E-state index contributed by atoms with van der Waals surface area (Å²) < 4.78 is 13.2. The van der Waals surface area contributed by atoms with E-state index in [0.29, 0.717) is 11.1 Å². The predicted molar refractivity (Wildman–Crippen MR) is 88.4 cm³/mol. The first kappa shape index (κ1) is 18.1. The Kier molecular flexibility index (Phi) is 6.22. The van der Waals surface area contributed by atoms with Gasteiger partial charge in [0.15, 0.2) is 0 Å². The Balaban J connectivity index is 1.89. The molecule has 0 saturated heterocycles. The Bertz CT molecular complexity index is 765. The van der Waals surface area contributed by atoms with E-state index >= 15 is 0 Å². The van der Waals surface area contributed by atoms with E-state index in [2.05, 4.69) is 10.6 Å². The van der Waals surface area contributed by atoms with Gasteiger partial charge in [-0.25, -0.2) is 9.18 Å². The Morgan fingerprint density at radius 2 is 1.76 bits per heavy atom. The quantitative estimate of drug-likeness (QED) is 0.707. The lowest BCUT2D eigenvalue weighted by atomic mass is 10.1. The first-order valence-electron chi connectivity index (χ1n) is 7.55. The summed E-state index contributed by atoms with van der Waals surface area (Å²) in [6.45, 7) is -0.360. The van der Waals surface area contributed by atoms with Crippen LogP contribution in [0, 0.1) is 5.82 Å². The maximum atomic E-state index is 13.2. The SMILES string of the molecule is O=C(CNC(=O)c1ccccc1)N[C@H](Cc1cccc(F)c1)C(=O)O. The normalized spacial score (nSPS) is 11.4. The molecule has 0 heterocycles. The first-order chi connectivity index (χ1) is 12.0. The largest absolute Gasteiger partial charge is 0.480 e. The Hall–Kier alpha value is -3.22. The molecule has 0 saturated carbocycles. The summed E-state index contributed by atoms with van der Waals surface area (Å²) in [7, 11) is 0. The molecular formula is C18H17FN2O4. The van der Waals surface area contributed by atoms with Crippen molar-refractivity contribution in [2.45, 2.75) is 12.5 Å². The van der Waals surface area contributed by atoms with E-state index in [1.807, 2.05) is 0 Å². The highest BCUT2D eigenvalue weighted by molar-refractivity contribution is 5.96. The number of hydrogen-bond donors (Lipinski definition) is 3. The maximum Gasteiger partial charge on any atom is 0.326 e. The maximum absolute atomic E-state index is 13.2. The molecule has 0 fully saturated rings. The van der Waals surface area contributed by atoms with Crippen LogP contribution in [0.25, 0.3) is 0 Å². The highest BCUT2D eigenvalue weighted by Crippen LogP contribution is 2.07. The highest BCUT2D eigenvalue weighted by Gasteiger charge is 2.21. The lowest BCUT2D eigenvalue weighted by Gasteiger charge is -2.15. The zero-order chi connectivity index (χ0) is 18.2. The van der Waals surface area contributed by atoms with Crippen LogP contribution in [0.15, 0.2) is 54.6 Å². The molecule has 6 nitrogen and oxygen atoms in total. The molecule has 0 aliphatic heterocycles. The predicted octanol–water partition coefficient (Wildman–Crippen LogP) is 1.37. The van der Waals surface area contributed by atoms with E-state index in [9.17, 15) is 23.9 Å². The van der Waals surface area contributed by atoms with Crippen molar-refractivity contribution in [3.63, 3.8) is 0 Å². The molecule has 2 amide bonds. The Morgan fingerprint density at radius 1 is 1.04 bits per heavy atom. The lowest BCUT2D eigenvalue weighted by molar-refractivity contribution is -0.141. The Labute approximate surface area is 143 Å². The van der Waals surface area contributed by atoms with E-state index in [-0.39, 0.29) is 13.0 Å². The summed E-state index contributed by atoms with van der Waals surface area (Å²) in [5, 5.41) is 13.9. The second kappa shape index (κ2) is 8.58. The van der Waals surface area contributed by atoms with Crippen molar-refractivity contribution in [2.75, 3.05) is 6.54 Å². The molecule has 0 radical (unpaired) electrons. The van der Waals surface area contributed by atoms with Gasteiger partial charge < -0.3 is 15.7 Å². The van der Waals surface area contributed by atoms with Gasteiger partial charge in [-0.3, -0.25) is 9.59 Å². The first-order valence-corrected chi connectivity index (χ1v) is 7.55. The van der Waals surface area contributed by atoms with Crippen LogP contribution in [-0.2, 0) is 16.0 Å². The number of hydrogen-bond acceptors (Lipinski definition) is 3. The van der Waals surface area contributed by atoms with E-state index in [0.717, 1.165) is 0 Å². The van der Waals surface area contributed by atoms with Crippen molar-refractivity contribution in [2.24, 2.45) is 0 Å². The lowest BCUT2D eigenvalue weighted by Crippen LogP contribution is -2.46. The number of carbonyl (C=O) groups excluding carboxylic acids is 2. The average Bonchev–Trinajstić information content (AvgIpc) is 2.60. The van der Waals surface area contributed by atoms with Gasteiger partial charge in [0.25, 0.3) is 5.91 Å². The van der Waals surface area contributed by atoms with Crippen LogP contribution in [0.2, 0.25) is 0 Å². The van der Waals surface area contributed by atoms with Crippen LogP contribution in [0.4, 0.5) is 4.39 Å². The molecular weight excluding hydrogens is 327 g/mol. The van der Waals surface area contributed by atoms with Gasteiger partial charge in [-0.2, -0.15) is 0 Å². The van der Waals surface area contributed by atoms with E-state index < -0.39 is 29.6 Å². The van der Waals surface area contributed by atoms with Crippen LogP contribution in [0.1, 0.15) is 15.9 Å². The molecule has 0 bridgehead atoms. The number of carboxylic acid groups (broad SMARTS) is 1. The zero-order valence-corrected chi connectivity index (χ0v) is 13.2. The van der Waals surface area contributed by atoms with Gasteiger partial charge in [-0.1, -0.05) is 30.3 Å². The molecule has 0 aliphatic carbocycles. The summed E-state index contributed by atoms with van der Waals surface area (Å²) in [6.07, 6.45) is -0.0640. The van der Waals surface area contributed by atoms with Crippen LogP contribution in [0.3, 0.4) is 0 Å². The molecule has 0 aromatic heterocycles. The van der Waals surface area contributed by atoms with Crippen molar-refractivity contribution >= 4 is 17.8 Å². The van der Waals surface area contributed by atoms with Gasteiger partial charge in [0.1, 0.15) is 11.9 Å². The van der Waals surface area contributed by atoms with E-state index in [1.54, 1.807) is 36.4 Å². The van der Waals surface area contributed by atoms with Crippen molar-refractivity contribution in [3.05, 3.63) is 71.5 Å². The van der Waals surface area contributed by atoms with Crippen LogP contribution in [0.5, 0.6) is 0 Å². The molecule has 0 aliphatic rings. The third kappa shape index (κ3) is 5.72. The Morgan fingerprint density at radius 3 is 2.40 bits per heavy atom. The number of carboxylic acids is 1. The molecule has 1 atom stereocenters. The van der Waals surface area contributed by atoms with Gasteiger partial charge in [-0.15, -0.1) is 0 Å². The third-order valence-electron chi connectivity index (χ3n) is 3.41. The topological polar surface area (TPSA) is 95.5 Å². The standard InChI is InChI=1S/C18H17FN2O4/c19-14-8-4-5-12(9-14)10-15(18(24)25)21-16(22)11-20-17(23)13-6-2-1-3-7-13/h1-9,15H,10-11H2,(H,20,23)(H,21,22)(H,24,25)/t15-/m1/s1. The van der Waals surface area contributed by atoms with Gasteiger partial charge in [0, 0.05) is 12.0 Å². The van der Waals surface area contributed by atoms with Crippen molar-refractivity contribution < 1.29 is 23.9 Å². The fourth-order valence-corrected chi connectivity index (χ4v) is 2.20. The summed E-state index contributed by atoms with van der Waals surface area (Å²) in [5.41, 5.74) is 0.839. The molecule has 130 valence electrons. The molecule has 2 aromatic carbocycles. The van der Waals surface area contributed by atoms with Gasteiger partial charge >= 0.3 is 5.97 Å². The van der Waals surface area contributed by atoms with Gasteiger partial charge in [0.2, 0.25) is 5.91 Å². The smallest absolute Gasteiger partial charge is 0.326 e. The molecule has 25 heavy (non-hydrogen) atoms. The average molecular weight is 344 g/mol. The molecule has 0 unspecified atom stereocenters.